The number of benzene rings is 1. The van der Waals surface area contributed by atoms with Crippen LogP contribution in [-0.2, 0) is 0 Å². The van der Waals surface area contributed by atoms with E-state index in [1.807, 2.05) is 13.0 Å². The minimum absolute atomic E-state index is 0.246. The summed E-state index contributed by atoms with van der Waals surface area (Å²) in [4.78, 5) is 16.0. The summed E-state index contributed by atoms with van der Waals surface area (Å²) in [5, 5.41) is 9.41. The van der Waals surface area contributed by atoms with Crippen molar-refractivity contribution in [1.29, 1.82) is 0 Å². The van der Waals surface area contributed by atoms with Crippen LogP contribution in [0.4, 0.5) is 0 Å². The van der Waals surface area contributed by atoms with E-state index >= 15 is 0 Å². The van der Waals surface area contributed by atoms with E-state index < -0.39 is 5.97 Å². The van der Waals surface area contributed by atoms with E-state index in [9.17, 15) is 9.90 Å². The second kappa shape index (κ2) is 5.65. The van der Waals surface area contributed by atoms with Crippen LogP contribution in [0, 0.1) is 12.8 Å². The maximum absolute atomic E-state index is 11.5. The Labute approximate surface area is 119 Å². The van der Waals surface area contributed by atoms with Crippen LogP contribution in [0.15, 0.2) is 18.2 Å². The Morgan fingerprint density at radius 3 is 2.55 bits per heavy atom. The molecule has 0 spiro atoms. The fraction of sp³-hybridized carbons (Fsp3) is 0.500. The molecule has 0 saturated carbocycles. The molecule has 2 rings (SSSR count). The summed E-state index contributed by atoms with van der Waals surface area (Å²) in [6, 6.07) is 5.53. The van der Waals surface area contributed by atoms with Crippen LogP contribution in [0.25, 0.3) is 11.0 Å². The topological polar surface area (TPSA) is 55.1 Å². The molecule has 108 valence electrons. The van der Waals surface area contributed by atoms with Gasteiger partial charge in [-0.15, -0.1) is 0 Å². The third-order valence-corrected chi connectivity index (χ3v) is 4.26. The summed E-state index contributed by atoms with van der Waals surface area (Å²) in [7, 11) is 0. The largest absolute Gasteiger partial charge is 0.478 e. The lowest BCUT2D eigenvalue weighted by Gasteiger charge is -2.25. The van der Waals surface area contributed by atoms with Crippen LogP contribution in [0.2, 0.25) is 0 Å². The number of carbonyl (C=O) groups is 1. The number of para-hydroxylation sites is 1. The molecule has 2 aromatic rings. The summed E-state index contributed by atoms with van der Waals surface area (Å²) < 4.78 is 2.09. The number of hydrogen-bond donors (Lipinski definition) is 1. The molecule has 0 bridgehead atoms. The molecule has 1 heterocycles. The highest BCUT2D eigenvalue weighted by Crippen LogP contribution is 2.31. The van der Waals surface area contributed by atoms with Gasteiger partial charge in [0.15, 0.2) is 0 Å². The van der Waals surface area contributed by atoms with Crippen molar-refractivity contribution in [2.45, 2.75) is 46.6 Å². The van der Waals surface area contributed by atoms with E-state index in [1.54, 1.807) is 12.1 Å². The van der Waals surface area contributed by atoms with E-state index in [-0.39, 0.29) is 6.04 Å². The third kappa shape index (κ3) is 2.30. The molecule has 20 heavy (non-hydrogen) atoms. The fourth-order valence-corrected chi connectivity index (χ4v) is 3.12. The first-order valence-corrected chi connectivity index (χ1v) is 7.22. The number of aromatic nitrogens is 2. The Morgan fingerprint density at radius 2 is 2.00 bits per heavy atom. The predicted molar refractivity (Wildman–Crippen MR) is 80.2 cm³/mol. The molecule has 0 saturated heterocycles. The molecule has 0 amide bonds. The van der Waals surface area contributed by atoms with Gasteiger partial charge in [-0.1, -0.05) is 32.8 Å². The normalized spacial score (nSPS) is 13.1. The lowest BCUT2D eigenvalue weighted by atomic mass is 9.95. The number of aryl methyl sites for hydroxylation is 1. The van der Waals surface area contributed by atoms with Crippen molar-refractivity contribution in [2.75, 3.05) is 0 Å². The number of carboxylic acids is 1. The smallest absolute Gasteiger partial charge is 0.337 e. The number of rotatable bonds is 5. The zero-order valence-electron chi connectivity index (χ0n) is 12.6. The Kier molecular flexibility index (Phi) is 4.12. The number of carboxylic acid groups (broad SMARTS) is 1. The van der Waals surface area contributed by atoms with E-state index in [4.69, 9.17) is 0 Å². The van der Waals surface area contributed by atoms with E-state index in [2.05, 4.69) is 30.3 Å². The molecule has 4 heteroatoms. The third-order valence-electron chi connectivity index (χ3n) is 4.26. The fourth-order valence-electron chi connectivity index (χ4n) is 3.12. The van der Waals surface area contributed by atoms with Crippen molar-refractivity contribution >= 4 is 17.0 Å². The second-order valence-corrected chi connectivity index (χ2v) is 5.32. The van der Waals surface area contributed by atoms with Crippen molar-refractivity contribution < 1.29 is 9.90 Å². The molecule has 0 aliphatic heterocycles. The van der Waals surface area contributed by atoms with Crippen LogP contribution in [-0.4, -0.2) is 20.6 Å². The molecule has 0 radical (unpaired) electrons. The first kappa shape index (κ1) is 14.6. The minimum Gasteiger partial charge on any atom is -0.478 e. The van der Waals surface area contributed by atoms with Gasteiger partial charge in [0.2, 0.25) is 0 Å². The van der Waals surface area contributed by atoms with Gasteiger partial charge in [0, 0.05) is 6.04 Å². The maximum atomic E-state index is 11.5. The maximum Gasteiger partial charge on any atom is 0.337 e. The molecule has 0 fully saturated rings. The molecule has 4 nitrogen and oxygen atoms in total. The van der Waals surface area contributed by atoms with Gasteiger partial charge in [-0.25, -0.2) is 9.78 Å². The van der Waals surface area contributed by atoms with Gasteiger partial charge < -0.3 is 9.67 Å². The van der Waals surface area contributed by atoms with Gasteiger partial charge in [-0.2, -0.15) is 0 Å². The van der Waals surface area contributed by atoms with Crippen molar-refractivity contribution in [3.05, 3.63) is 29.6 Å². The highest BCUT2D eigenvalue weighted by Gasteiger charge is 2.22. The quantitative estimate of drug-likeness (QED) is 0.895. The van der Waals surface area contributed by atoms with Crippen LogP contribution in [0.3, 0.4) is 0 Å². The molecule has 0 aliphatic carbocycles. The number of imidazole rings is 1. The average Bonchev–Trinajstić information content (AvgIpc) is 2.75. The SMILES string of the molecule is CCC(CC)C(C)n1c(C)nc2cccc(C(=O)O)c21. The lowest BCUT2D eigenvalue weighted by Crippen LogP contribution is -2.17. The monoisotopic (exact) mass is 274 g/mol. The van der Waals surface area contributed by atoms with Crippen molar-refractivity contribution in [2.24, 2.45) is 5.92 Å². The number of nitrogens with zero attached hydrogens (tertiary/aromatic N) is 2. The van der Waals surface area contributed by atoms with E-state index in [1.165, 1.54) is 0 Å². The van der Waals surface area contributed by atoms with Crippen LogP contribution >= 0.6 is 0 Å². The van der Waals surface area contributed by atoms with Gasteiger partial charge in [-0.3, -0.25) is 0 Å². The van der Waals surface area contributed by atoms with Gasteiger partial charge in [0.25, 0.3) is 0 Å². The van der Waals surface area contributed by atoms with Crippen molar-refractivity contribution in [3.63, 3.8) is 0 Å². The van der Waals surface area contributed by atoms with Crippen molar-refractivity contribution in [1.82, 2.24) is 9.55 Å². The molecular weight excluding hydrogens is 252 g/mol. The second-order valence-electron chi connectivity index (χ2n) is 5.32. The Bertz CT molecular complexity index is 627. The Morgan fingerprint density at radius 1 is 1.35 bits per heavy atom. The van der Waals surface area contributed by atoms with E-state index in [0.29, 0.717) is 11.5 Å². The molecule has 1 N–H and O–H groups in total. The Balaban J connectivity index is 2.69. The number of hydrogen-bond acceptors (Lipinski definition) is 2. The molecule has 1 aromatic carbocycles. The van der Waals surface area contributed by atoms with Crippen LogP contribution in [0.5, 0.6) is 0 Å². The van der Waals surface area contributed by atoms with Gasteiger partial charge >= 0.3 is 5.97 Å². The molecule has 1 atom stereocenters. The van der Waals surface area contributed by atoms with Gasteiger partial charge in [0.1, 0.15) is 5.82 Å². The van der Waals surface area contributed by atoms with Crippen LogP contribution in [0.1, 0.15) is 55.8 Å². The average molecular weight is 274 g/mol. The first-order valence-electron chi connectivity index (χ1n) is 7.22. The summed E-state index contributed by atoms with van der Waals surface area (Å²) in [5.74, 6) is 0.509. The van der Waals surface area contributed by atoms with Crippen LogP contribution < -0.4 is 0 Å². The molecular formula is C16H22N2O2. The van der Waals surface area contributed by atoms with Gasteiger partial charge in [0.05, 0.1) is 16.6 Å². The number of aromatic carboxylic acids is 1. The zero-order valence-corrected chi connectivity index (χ0v) is 12.6. The highest BCUT2D eigenvalue weighted by molar-refractivity contribution is 6.01. The van der Waals surface area contributed by atoms with E-state index in [0.717, 1.165) is 29.7 Å². The summed E-state index contributed by atoms with van der Waals surface area (Å²) in [6.07, 6.45) is 2.15. The molecule has 1 aromatic heterocycles. The Hall–Kier alpha value is -1.84. The first-order chi connectivity index (χ1) is 9.51. The molecule has 1 unspecified atom stereocenters. The predicted octanol–water partition coefficient (Wildman–Crippen LogP) is 4.04. The molecule has 0 aliphatic rings. The summed E-state index contributed by atoms with van der Waals surface area (Å²) in [5.41, 5.74) is 1.85. The number of fused-ring (bicyclic) bond motifs is 1. The minimum atomic E-state index is -0.895. The highest BCUT2D eigenvalue weighted by atomic mass is 16.4. The van der Waals surface area contributed by atoms with Crippen molar-refractivity contribution in [3.8, 4) is 0 Å². The summed E-state index contributed by atoms with van der Waals surface area (Å²) >= 11 is 0. The van der Waals surface area contributed by atoms with Gasteiger partial charge in [-0.05, 0) is 31.9 Å². The lowest BCUT2D eigenvalue weighted by molar-refractivity contribution is 0.0698. The zero-order chi connectivity index (χ0) is 14.9. The standard InChI is InChI=1S/C16H22N2O2/c1-5-12(6-2)10(3)18-11(4)17-14-9-7-8-13(15(14)18)16(19)20/h7-10,12H,5-6H2,1-4H3,(H,19,20). The summed E-state index contributed by atoms with van der Waals surface area (Å²) in [6.45, 7) is 8.46.